The van der Waals surface area contributed by atoms with Crippen LogP contribution in [0.25, 0.3) is 0 Å². The Kier molecular flexibility index (Phi) is 4.45. The standard InChI is InChI=1S/C18H17NO4S/c1-12-8-10-14(11-9-12)24(22)17-15(19-23-18(17,2)21)16(20)13-6-4-3-5-7-13/h3-11,17,21H,1-2H3/t17?,18?,24-/m0/s1. The van der Waals surface area contributed by atoms with Crippen molar-refractivity contribution in [1.29, 1.82) is 0 Å². The summed E-state index contributed by atoms with van der Waals surface area (Å²) in [5.74, 6) is -2.21. The summed E-state index contributed by atoms with van der Waals surface area (Å²) in [4.78, 5) is 18.2. The molecule has 1 N–H and O–H groups in total. The van der Waals surface area contributed by atoms with Gasteiger partial charge in [-0.05, 0) is 19.1 Å². The smallest absolute Gasteiger partial charge is 0.286 e. The molecule has 0 amide bonds. The number of aryl methyl sites for hydroxylation is 1. The molecule has 24 heavy (non-hydrogen) atoms. The number of hydrogen-bond acceptors (Lipinski definition) is 5. The van der Waals surface area contributed by atoms with Crippen LogP contribution in [-0.4, -0.2) is 32.2 Å². The Morgan fingerprint density at radius 3 is 2.46 bits per heavy atom. The first-order chi connectivity index (χ1) is 11.4. The molecule has 0 radical (unpaired) electrons. The van der Waals surface area contributed by atoms with Gasteiger partial charge in [-0.1, -0.05) is 53.2 Å². The molecule has 0 bridgehead atoms. The molecule has 2 aromatic carbocycles. The minimum atomic E-state index is -1.81. The first-order valence-electron chi connectivity index (χ1n) is 7.45. The maximum absolute atomic E-state index is 13.0. The molecule has 0 aliphatic carbocycles. The summed E-state index contributed by atoms with van der Waals surface area (Å²) in [7, 11) is 0. The molecule has 1 heterocycles. The van der Waals surface area contributed by atoms with Crippen LogP contribution >= 0.6 is 0 Å². The zero-order valence-electron chi connectivity index (χ0n) is 13.3. The van der Waals surface area contributed by atoms with E-state index in [4.69, 9.17) is 4.84 Å². The van der Waals surface area contributed by atoms with Crippen LogP contribution < -0.4 is 0 Å². The quantitative estimate of drug-likeness (QED) is 0.683. The molecular formula is C18H17NO4S. The van der Waals surface area contributed by atoms with Crippen molar-refractivity contribution in [1.82, 2.24) is 0 Å². The van der Waals surface area contributed by atoms with E-state index in [1.165, 1.54) is 6.92 Å². The number of carbonyl (C=O) groups is 1. The molecular weight excluding hydrogens is 326 g/mol. The molecule has 0 saturated heterocycles. The molecule has 3 atom stereocenters. The predicted octanol–water partition coefficient (Wildman–Crippen LogP) is 2.45. The van der Waals surface area contributed by atoms with E-state index in [2.05, 4.69) is 5.16 Å². The fourth-order valence-electron chi connectivity index (χ4n) is 2.50. The lowest BCUT2D eigenvalue weighted by atomic mass is 10.0. The van der Waals surface area contributed by atoms with E-state index >= 15 is 0 Å². The van der Waals surface area contributed by atoms with Gasteiger partial charge in [0.05, 0.1) is 0 Å². The minimum absolute atomic E-state index is 0.0369. The Bertz CT molecular complexity index is 771. The number of hydrogen-bond donors (Lipinski definition) is 1. The highest BCUT2D eigenvalue weighted by Crippen LogP contribution is 2.32. The van der Waals surface area contributed by atoms with Crippen LogP contribution in [0.15, 0.2) is 64.6 Å². The molecule has 124 valence electrons. The van der Waals surface area contributed by atoms with Crippen molar-refractivity contribution in [3.63, 3.8) is 0 Å². The first-order valence-corrected chi connectivity index (χ1v) is 8.67. The van der Waals surface area contributed by atoms with Crippen molar-refractivity contribution in [2.45, 2.75) is 29.8 Å². The zero-order chi connectivity index (χ0) is 17.3. The van der Waals surface area contributed by atoms with Crippen molar-refractivity contribution in [2.75, 3.05) is 0 Å². The van der Waals surface area contributed by atoms with E-state index in [0.29, 0.717) is 10.5 Å². The third kappa shape index (κ3) is 3.08. The predicted molar refractivity (Wildman–Crippen MR) is 91.3 cm³/mol. The average molecular weight is 343 g/mol. The Morgan fingerprint density at radius 1 is 1.21 bits per heavy atom. The molecule has 1 aliphatic rings. The van der Waals surface area contributed by atoms with Gasteiger partial charge in [-0.3, -0.25) is 4.79 Å². The SMILES string of the molecule is Cc1ccc([S@+]([O-])C2C(C(=O)c3ccccc3)=NOC2(C)O)cc1. The van der Waals surface area contributed by atoms with Gasteiger partial charge < -0.3 is 14.5 Å². The van der Waals surface area contributed by atoms with Crippen molar-refractivity contribution < 1.29 is 19.3 Å². The second kappa shape index (κ2) is 6.39. The monoisotopic (exact) mass is 343 g/mol. The van der Waals surface area contributed by atoms with Crippen molar-refractivity contribution >= 4 is 22.7 Å². The average Bonchev–Trinajstić information content (AvgIpc) is 2.90. The van der Waals surface area contributed by atoms with Gasteiger partial charge in [0.15, 0.2) is 10.6 Å². The molecule has 1 aliphatic heterocycles. The molecule has 3 rings (SSSR count). The number of aliphatic hydroxyl groups is 1. The maximum Gasteiger partial charge on any atom is 0.286 e. The summed E-state index contributed by atoms with van der Waals surface area (Å²) >= 11 is -1.69. The molecule has 6 heteroatoms. The van der Waals surface area contributed by atoms with Gasteiger partial charge in [-0.25, -0.2) is 0 Å². The maximum atomic E-state index is 13.0. The Labute approximate surface area is 143 Å². The van der Waals surface area contributed by atoms with Gasteiger partial charge in [-0.2, -0.15) is 0 Å². The van der Waals surface area contributed by atoms with Crippen molar-refractivity contribution in [3.05, 3.63) is 65.7 Å². The summed E-state index contributed by atoms with van der Waals surface area (Å²) in [5.41, 5.74) is 1.40. The van der Waals surface area contributed by atoms with Crippen LogP contribution in [-0.2, 0) is 16.0 Å². The first kappa shape index (κ1) is 16.7. The van der Waals surface area contributed by atoms with Gasteiger partial charge in [0.25, 0.3) is 5.79 Å². The lowest BCUT2D eigenvalue weighted by molar-refractivity contribution is -0.167. The number of rotatable bonds is 4. The number of carbonyl (C=O) groups excluding carboxylic acids is 1. The van der Waals surface area contributed by atoms with Gasteiger partial charge >= 0.3 is 0 Å². The molecule has 0 fully saturated rings. The Morgan fingerprint density at radius 2 is 1.83 bits per heavy atom. The fourth-order valence-corrected chi connectivity index (χ4v) is 3.97. The van der Waals surface area contributed by atoms with Crippen LogP contribution in [0.4, 0.5) is 0 Å². The van der Waals surface area contributed by atoms with Gasteiger partial charge in [-0.15, -0.1) is 0 Å². The van der Waals surface area contributed by atoms with E-state index in [0.717, 1.165) is 5.56 Å². The second-order valence-electron chi connectivity index (χ2n) is 5.81. The lowest BCUT2D eigenvalue weighted by Gasteiger charge is -2.25. The summed E-state index contributed by atoms with van der Waals surface area (Å²) in [6.07, 6.45) is 0. The van der Waals surface area contributed by atoms with Crippen LogP contribution in [0, 0.1) is 6.92 Å². The van der Waals surface area contributed by atoms with Gasteiger partial charge in [0, 0.05) is 23.7 Å². The number of nitrogens with zero attached hydrogens (tertiary/aromatic N) is 1. The number of ketones is 1. The largest absolute Gasteiger partial charge is 0.611 e. The van der Waals surface area contributed by atoms with E-state index in [-0.39, 0.29) is 5.71 Å². The molecule has 5 nitrogen and oxygen atoms in total. The molecule has 2 aromatic rings. The number of Topliss-reactive ketones (excluding diaryl/α,β-unsaturated/α-hetero) is 1. The summed E-state index contributed by atoms with van der Waals surface area (Å²) in [6.45, 7) is 3.28. The molecule has 2 unspecified atom stereocenters. The van der Waals surface area contributed by atoms with E-state index in [1.807, 2.05) is 19.1 Å². The number of oxime groups is 1. The van der Waals surface area contributed by atoms with Gasteiger partial charge in [0.2, 0.25) is 11.0 Å². The summed E-state index contributed by atoms with van der Waals surface area (Å²) in [6, 6.07) is 15.6. The normalized spacial score (nSPS) is 24.2. The van der Waals surface area contributed by atoms with Crippen LogP contribution in [0.2, 0.25) is 0 Å². The highest BCUT2D eigenvalue weighted by Gasteiger charge is 2.55. The Hall–Kier alpha value is -2.15. The van der Waals surface area contributed by atoms with Crippen molar-refractivity contribution in [2.24, 2.45) is 5.16 Å². The fraction of sp³-hybridized carbons (Fsp3) is 0.222. The highest BCUT2D eigenvalue weighted by atomic mass is 32.2. The van der Waals surface area contributed by atoms with Crippen molar-refractivity contribution in [3.8, 4) is 0 Å². The van der Waals surface area contributed by atoms with Crippen LogP contribution in [0.3, 0.4) is 0 Å². The third-order valence-corrected chi connectivity index (χ3v) is 5.63. The summed E-state index contributed by atoms with van der Waals surface area (Å²) in [5, 5.41) is 13.1. The van der Waals surface area contributed by atoms with Gasteiger partial charge in [0.1, 0.15) is 0 Å². The molecule has 0 saturated carbocycles. The highest BCUT2D eigenvalue weighted by molar-refractivity contribution is 7.93. The van der Waals surface area contributed by atoms with E-state index < -0.39 is 28.0 Å². The summed E-state index contributed by atoms with van der Waals surface area (Å²) < 4.78 is 13.0. The molecule has 0 spiro atoms. The zero-order valence-corrected chi connectivity index (χ0v) is 14.1. The third-order valence-electron chi connectivity index (χ3n) is 3.80. The molecule has 0 aromatic heterocycles. The van der Waals surface area contributed by atoms with E-state index in [9.17, 15) is 14.5 Å². The van der Waals surface area contributed by atoms with Crippen LogP contribution in [0.5, 0.6) is 0 Å². The Balaban J connectivity index is 1.95. The van der Waals surface area contributed by atoms with Crippen LogP contribution in [0.1, 0.15) is 22.8 Å². The second-order valence-corrected chi connectivity index (χ2v) is 7.35. The topological polar surface area (TPSA) is 82.0 Å². The van der Waals surface area contributed by atoms with E-state index in [1.54, 1.807) is 42.5 Å². The number of benzene rings is 2. The lowest BCUT2D eigenvalue weighted by Crippen LogP contribution is -2.48. The minimum Gasteiger partial charge on any atom is -0.611 e.